The Kier molecular flexibility index (Phi) is 4.42. The number of aromatic nitrogens is 1. The van der Waals surface area contributed by atoms with Crippen molar-refractivity contribution < 1.29 is 4.74 Å². The number of fused-ring (bicyclic) bond motifs is 1. The molecule has 0 saturated carbocycles. The van der Waals surface area contributed by atoms with Gasteiger partial charge in [-0.25, -0.2) is 4.98 Å². The van der Waals surface area contributed by atoms with Crippen LogP contribution in [0.25, 0.3) is 10.9 Å². The minimum Gasteiger partial charge on any atom is -0.486 e. The molecule has 0 fully saturated rings. The lowest BCUT2D eigenvalue weighted by atomic mass is 10.2. The minimum atomic E-state index is 0.414. The molecule has 2 aromatic carbocycles. The Hall–Kier alpha value is -1.58. The molecule has 0 aliphatic heterocycles. The van der Waals surface area contributed by atoms with Crippen LogP contribution in [0.2, 0.25) is 0 Å². The van der Waals surface area contributed by atoms with Gasteiger partial charge in [-0.15, -0.1) is 11.6 Å². The fourth-order valence-corrected chi connectivity index (χ4v) is 2.89. The summed E-state index contributed by atoms with van der Waals surface area (Å²) in [6.07, 6.45) is 0. The molecule has 0 atom stereocenters. The Bertz CT molecular complexity index is 776. The van der Waals surface area contributed by atoms with Crippen molar-refractivity contribution in [3.05, 3.63) is 70.3 Å². The molecule has 2 nitrogen and oxygen atoms in total. The Morgan fingerprint density at radius 3 is 2.71 bits per heavy atom. The van der Waals surface area contributed by atoms with Gasteiger partial charge in [0.1, 0.15) is 12.4 Å². The van der Waals surface area contributed by atoms with E-state index in [4.69, 9.17) is 16.3 Å². The maximum Gasteiger partial charge on any atom is 0.138 e. The molecule has 4 heteroatoms. The topological polar surface area (TPSA) is 22.1 Å². The van der Waals surface area contributed by atoms with Crippen molar-refractivity contribution in [3.8, 4) is 5.75 Å². The molecule has 0 bridgehead atoms. The number of hydrogen-bond acceptors (Lipinski definition) is 2. The molecule has 1 aromatic heterocycles. The Morgan fingerprint density at radius 1 is 1.00 bits per heavy atom. The lowest BCUT2D eigenvalue weighted by Gasteiger charge is -2.12. The second kappa shape index (κ2) is 6.46. The number of benzene rings is 2. The molecule has 21 heavy (non-hydrogen) atoms. The smallest absolute Gasteiger partial charge is 0.138 e. The number of halogens is 2. The van der Waals surface area contributed by atoms with Crippen molar-refractivity contribution in [2.24, 2.45) is 0 Å². The molecule has 106 valence electrons. The van der Waals surface area contributed by atoms with Crippen LogP contribution in [0, 0.1) is 0 Å². The lowest BCUT2D eigenvalue weighted by molar-refractivity contribution is 0.297. The van der Waals surface area contributed by atoms with E-state index >= 15 is 0 Å². The summed E-state index contributed by atoms with van der Waals surface area (Å²) in [4.78, 5) is 4.60. The number of pyridine rings is 1. The molecule has 0 amide bonds. The molecule has 3 rings (SSSR count). The van der Waals surface area contributed by atoms with Gasteiger partial charge in [0.15, 0.2) is 0 Å². The molecule has 0 aliphatic rings. The van der Waals surface area contributed by atoms with Crippen molar-refractivity contribution in [1.29, 1.82) is 0 Å². The third-order valence-electron chi connectivity index (χ3n) is 3.21. The van der Waals surface area contributed by atoms with Crippen LogP contribution in [-0.4, -0.2) is 4.98 Å². The van der Waals surface area contributed by atoms with Crippen LogP contribution in [0.5, 0.6) is 5.75 Å². The van der Waals surface area contributed by atoms with Crippen LogP contribution >= 0.6 is 27.5 Å². The van der Waals surface area contributed by atoms with Gasteiger partial charge in [-0.1, -0.05) is 36.4 Å². The summed E-state index contributed by atoms with van der Waals surface area (Å²) in [7, 11) is 0. The van der Waals surface area contributed by atoms with Crippen molar-refractivity contribution in [1.82, 2.24) is 4.98 Å². The van der Waals surface area contributed by atoms with Gasteiger partial charge >= 0.3 is 0 Å². The molecule has 1 heterocycles. The summed E-state index contributed by atoms with van der Waals surface area (Å²) in [5.41, 5.74) is 2.83. The SMILES string of the molecule is ClCc1cccc(Br)c1OCc1ccc2ccccc2n1. The molecular weight excluding hydrogens is 350 g/mol. The van der Waals surface area contributed by atoms with Gasteiger partial charge < -0.3 is 4.74 Å². The normalized spacial score (nSPS) is 10.8. The van der Waals surface area contributed by atoms with E-state index in [-0.39, 0.29) is 0 Å². The van der Waals surface area contributed by atoms with E-state index in [0.717, 1.165) is 32.4 Å². The Labute approximate surface area is 136 Å². The molecule has 0 spiro atoms. The average molecular weight is 363 g/mol. The van der Waals surface area contributed by atoms with Gasteiger partial charge in [0.25, 0.3) is 0 Å². The fraction of sp³-hybridized carbons (Fsp3) is 0.118. The number of nitrogens with zero attached hydrogens (tertiary/aromatic N) is 1. The quantitative estimate of drug-likeness (QED) is 0.586. The first-order valence-corrected chi connectivity index (χ1v) is 7.91. The van der Waals surface area contributed by atoms with Crippen molar-refractivity contribution in [3.63, 3.8) is 0 Å². The van der Waals surface area contributed by atoms with Crippen LogP contribution < -0.4 is 4.74 Å². The van der Waals surface area contributed by atoms with Crippen molar-refractivity contribution in [2.75, 3.05) is 0 Å². The standard InChI is InChI=1S/C17H13BrClNO/c18-15-6-3-5-13(10-19)17(15)21-11-14-9-8-12-4-1-2-7-16(12)20-14/h1-9H,10-11H2. The second-order valence-corrected chi connectivity index (χ2v) is 5.77. The molecule has 0 saturated heterocycles. The summed E-state index contributed by atoms with van der Waals surface area (Å²) >= 11 is 9.44. The highest BCUT2D eigenvalue weighted by atomic mass is 79.9. The number of alkyl halides is 1. The van der Waals surface area contributed by atoms with E-state index in [1.807, 2.05) is 48.5 Å². The van der Waals surface area contributed by atoms with Crippen LogP contribution in [0.3, 0.4) is 0 Å². The molecule has 0 radical (unpaired) electrons. The first-order chi connectivity index (χ1) is 10.3. The van der Waals surface area contributed by atoms with E-state index in [9.17, 15) is 0 Å². The van der Waals surface area contributed by atoms with Crippen molar-refractivity contribution in [2.45, 2.75) is 12.5 Å². The molecule has 0 unspecified atom stereocenters. The van der Waals surface area contributed by atoms with Crippen LogP contribution in [0.4, 0.5) is 0 Å². The third-order valence-corrected chi connectivity index (χ3v) is 4.13. The number of ether oxygens (including phenoxy) is 1. The van der Waals surface area contributed by atoms with E-state index in [0.29, 0.717) is 12.5 Å². The van der Waals surface area contributed by atoms with Crippen molar-refractivity contribution >= 4 is 38.4 Å². The van der Waals surface area contributed by atoms with Crippen LogP contribution in [0.1, 0.15) is 11.3 Å². The largest absolute Gasteiger partial charge is 0.486 e. The van der Waals surface area contributed by atoms with E-state index in [2.05, 4.69) is 27.0 Å². The summed E-state index contributed by atoms with van der Waals surface area (Å²) in [6, 6.07) is 17.9. The number of hydrogen-bond donors (Lipinski definition) is 0. The Morgan fingerprint density at radius 2 is 1.86 bits per heavy atom. The maximum absolute atomic E-state index is 5.95. The number of para-hydroxylation sites is 2. The summed E-state index contributed by atoms with van der Waals surface area (Å²) in [5, 5.41) is 1.13. The fourth-order valence-electron chi connectivity index (χ4n) is 2.16. The first-order valence-electron chi connectivity index (χ1n) is 6.59. The molecular formula is C17H13BrClNO. The Balaban J connectivity index is 1.83. The van der Waals surface area contributed by atoms with Crippen LogP contribution in [0.15, 0.2) is 59.1 Å². The zero-order valence-electron chi connectivity index (χ0n) is 11.2. The summed E-state index contributed by atoms with van der Waals surface area (Å²) in [5.74, 6) is 1.20. The van der Waals surface area contributed by atoms with Gasteiger partial charge in [0.2, 0.25) is 0 Å². The lowest BCUT2D eigenvalue weighted by Crippen LogP contribution is -2.01. The summed E-state index contributed by atoms with van der Waals surface area (Å²) in [6.45, 7) is 0.414. The van der Waals surface area contributed by atoms with Gasteiger partial charge in [0, 0.05) is 10.9 Å². The number of rotatable bonds is 4. The van der Waals surface area contributed by atoms with Gasteiger partial charge in [-0.3, -0.25) is 0 Å². The summed E-state index contributed by atoms with van der Waals surface area (Å²) < 4.78 is 6.80. The molecule has 0 aliphatic carbocycles. The highest BCUT2D eigenvalue weighted by molar-refractivity contribution is 9.10. The van der Waals surface area contributed by atoms with Gasteiger partial charge in [0.05, 0.1) is 21.6 Å². The zero-order valence-corrected chi connectivity index (χ0v) is 13.6. The highest BCUT2D eigenvalue weighted by Crippen LogP contribution is 2.30. The van der Waals surface area contributed by atoms with Crippen LogP contribution in [-0.2, 0) is 12.5 Å². The molecule has 0 N–H and O–H groups in total. The van der Waals surface area contributed by atoms with E-state index < -0.39 is 0 Å². The highest BCUT2D eigenvalue weighted by Gasteiger charge is 2.08. The average Bonchev–Trinajstić information content (AvgIpc) is 2.53. The second-order valence-electron chi connectivity index (χ2n) is 4.65. The van der Waals surface area contributed by atoms with E-state index in [1.165, 1.54) is 0 Å². The maximum atomic E-state index is 5.95. The first kappa shape index (κ1) is 14.4. The van der Waals surface area contributed by atoms with Gasteiger partial charge in [-0.2, -0.15) is 0 Å². The monoisotopic (exact) mass is 361 g/mol. The molecule has 3 aromatic rings. The predicted molar refractivity (Wildman–Crippen MR) is 89.8 cm³/mol. The van der Waals surface area contributed by atoms with Gasteiger partial charge in [-0.05, 0) is 34.1 Å². The third kappa shape index (κ3) is 3.20. The zero-order chi connectivity index (χ0) is 14.7. The predicted octanol–water partition coefficient (Wildman–Crippen LogP) is 5.32. The van der Waals surface area contributed by atoms with E-state index in [1.54, 1.807) is 0 Å². The minimum absolute atomic E-state index is 0.414.